The number of carbonyl (C=O) groups excluding carboxylic acids is 1. The Labute approximate surface area is 180 Å². The van der Waals surface area contributed by atoms with Crippen LogP contribution >= 0.6 is 11.6 Å². The molecule has 1 heterocycles. The third-order valence-corrected chi connectivity index (χ3v) is 4.58. The lowest BCUT2D eigenvalue weighted by Gasteiger charge is -2.07. The minimum Gasteiger partial charge on any atom is -0.460 e. The van der Waals surface area contributed by atoms with E-state index in [0.717, 1.165) is 0 Å². The maximum absolute atomic E-state index is 12.9. The second-order valence-electron chi connectivity index (χ2n) is 6.43. The summed E-state index contributed by atoms with van der Waals surface area (Å²) in [5.74, 6) is -0.492. The molecule has 7 heteroatoms. The summed E-state index contributed by atoms with van der Waals surface area (Å²) < 4.78 is 29.2. The quantitative estimate of drug-likeness (QED) is 0.218. The van der Waals surface area contributed by atoms with Crippen LogP contribution in [0.3, 0.4) is 0 Å². The van der Waals surface area contributed by atoms with Crippen LogP contribution in [0, 0.1) is 5.82 Å². The molecular formula is C24H14ClFO5. The van der Waals surface area contributed by atoms with E-state index in [-0.39, 0.29) is 28.3 Å². The van der Waals surface area contributed by atoms with Crippen molar-refractivity contribution in [3.8, 4) is 17.2 Å². The van der Waals surface area contributed by atoms with Gasteiger partial charge in [0.1, 0.15) is 29.2 Å². The first kappa shape index (κ1) is 20.4. The average molecular weight is 437 g/mol. The number of hydrogen-bond acceptors (Lipinski definition) is 5. The summed E-state index contributed by atoms with van der Waals surface area (Å²) in [7, 11) is 0. The molecule has 0 aliphatic heterocycles. The van der Waals surface area contributed by atoms with Crippen molar-refractivity contribution in [2.75, 3.05) is 0 Å². The molecule has 0 spiro atoms. The fourth-order valence-electron chi connectivity index (χ4n) is 2.76. The Bertz CT molecular complexity index is 1340. The van der Waals surface area contributed by atoms with Crippen LogP contribution in [0.1, 0.15) is 5.56 Å². The highest BCUT2D eigenvalue weighted by molar-refractivity contribution is 6.32. The molecule has 0 aliphatic carbocycles. The zero-order valence-electron chi connectivity index (χ0n) is 15.9. The monoisotopic (exact) mass is 436 g/mol. The van der Waals surface area contributed by atoms with Crippen LogP contribution < -0.4 is 14.9 Å². The molecule has 0 fully saturated rings. The van der Waals surface area contributed by atoms with E-state index >= 15 is 0 Å². The van der Waals surface area contributed by atoms with E-state index in [9.17, 15) is 14.0 Å². The van der Waals surface area contributed by atoms with Gasteiger partial charge in [0, 0.05) is 12.1 Å². The highest BCUT2D eigenvalue weighted by atomic mass is 35.5. The Morgan fingerprint density at radius 1 is 1.00 bits per heavy atom. The molecule has 0 N–H and O–H groups in total. The number of carbonyl (C=O) groups is 1. The van der Waals surface area contributed by atoms with Gasteiger partial charge in [0.2, 0.25) is 11.2 Å². The number of fused-ring (bicyclic) bond motifs is 1. The molecule has 0 saturated carbocycles. The maximum atomic E-state index is 12.9. The second kappa shape index (κ2) is 8.85. The molecule has 3 aromatic carbocycles. The molecular weight excluding hydrogens is 423 g/mol. The molecule has 4 rings (SSSR count). The Balaban J connectivity index is 1.52. The van der Waals surface area contributed by atoms with Gasteiger partial charge in [0.15, 0.2) is 0 Å². The number of hydrogen-bond donors (Lipinski definition) is 0. The summed E-state index contributed by atoms with van der Waals surface area (Å²) in [5.41, 5.74) is 0.480. The van der Waals surface area contributed by atoms with E-state index in [4.69, 9.17) is 25.5 Å². The molecule has 0 atom stereocenters. The number of rotatable bonds is 5. The smallest absolute Gasteiger partial charge is 0.336 e. The first-order valence-electron chi connectivity index (χ1n) is 9.13. The number of para-hydroxylation sites is 1. The number of esters is 1. The molecule has 5 nitrogen and oxygen atoms in total. The van der Waals surface area contributed by atoms with E-state index < -0.39 is 11.4 Å². The molecule has 0 saturated heterocycles. The number of halogens is 2. The van der Waals surface area contributed by atoms with Crippen LogP contribution in [-0.2, 0) is 4.79 Å². The third-order valence-electron chi connectivity index (χ3n) is 4.27. The van der Waals surface area contributed by atoms with Gasteiger partial charge in [0.25, 0.3) is 0 Å². The van der Waals surface area contributed by atoms with Crippen LogP contribution in [0.2, 0.25) is 5.02 Å². The summed E-state index contributed by atoms with van der Waals surface area (Å²) >= 11 is 6.06. The van der Waals surface area contributed by atoms with Crippen molar-refractivity contribution in [3.05, 3.63) is 106 Å². The zero-order chi connectivity index (χ0) is 21.8. The third kappa shape index (κ3) is 4.82. The molecule has 0 unspecified atom stereocenters. The predicted molar refractivity (Wildman–Crippen MR) is 115 cm³/mol. The van der Waals surface area contributed by atoms with Gasteiger partial charge in [-0.15, -0.1) is 0 Å². The second-order valence-corrected chi connectivity index (χ2v) is 6.83. The topological polar surface area (TPSA) is 65.7 Å². The van der Waals surface area contributed by atoms with Gasteiger partial charge in [-0.3, -0.25) is 4.79 Å². The lowest BCUT2D eigenvalue weighted by Crippen LogP contribution is -2.06. The van der Waals surface area contributed by atoms with Gasteiger partial charge >= 0.3 is 5.97 Å². The molecule has 31 heavy (non-hydrogen) atoms. The van der Waals surface area contributed by atoms with Gasteiger partial charge in [-0.1, -0.05) is 35.9 Å². The van der Waals surface area contributed by atoms with Crippen LogP contribution in [0.25, 0.3) is 17.0 Å². The first-order chi connectivity index (χ1) is 15.0. The van der Waals surface area contributed by atoms with Crippen LogP contribution in [0.5, 0.6) is 17.2 Å². The molecule has 0 aliphatic rings. The summed E-state index contributed by atoms with van der Waals surface area (Å²) in [4.78, 5) is 24.7. The Morgan fingerprint density at radius 3 is 2.55 bits per heavy atom. The zero-order valence-corrected chi connectivity index (χ0v) is 16.6. The minimum atomic E-state index is -0.635. The number of ether oxygens (including phenoxy) is 2. The fraction of sp³-hybridized carbons (Fsp3) is 0. The van der Waals surface area contributed by atoms with Crippen molar-refractivity contribution < 1.29 is 23.1 Å². The van der Waals surface area contributed by atoms with Crippen LogP contribution in [0.15, 0.2) is 88.3 Å². The van der Waals surface area contributed by atoms with Crippen molar-refractivity contribution >= 4 is 34.6 Å². The van der Waals surface area contributed by atoms with Crippen molar-refractivity contribution in [1.29, 1.82) is 0 Å². The fourth-order valence-corrected chi connectivity index (χ4v) is 2.93. The molecule has 0 radical (unpaired) electrons. The lowest BCUT2D eigenvalue weighted by molar-refractivity contribution is -0.128. The molecule has 0 amide bonds. The Kier molecular flexibility index (Phi) is 5.82. The van der Waals surface area contributed by atoms with Gasteiger partial charge in [-0.2, -0.15) is 0 Å². The molecule has 154 valence electrons. The van der Waals surface area contributed by atoms with E-state index in [0.29, 0.717) is 16.3 Å². The summed E-state index contributed by atoms with van der Waals surface area (Å²) in [6.07, 6.45) is 3.89. The summed E-state index contributed by atoms with van der Waals surface area (Å²) in [5, 5.41) is 0.615. The van der Waals surface area contributed by atoms with E-state index in [1.807, 2.05) is 0 Å². The van der Waals surface area contributed by atoms with Gasteiger partial charge in [0.05, 0.1) is 10.4 Å². The minimum absolute atomic E-state index is 0.0208. The SMILES string of the molecule is O=C(C=Cc1ccc(F)cc1)Oc1ccc2c(=O)c(Oc3ccccc3Cl)coc2c1. The molecule has 0 bridgehead atoms. The number of benzene rings is 3. The maximum Gasteiger partial charge on any atom is 0.336 e. The predicted octanol–water partition coefficient (Wildman–Crippen LogP) is 6.00. The van der Waals surface area contributed by atoms with E-state index in [1.165, 1.54) is 60.9 Å². The first-order valence-corrected chi connectivity index (χ1v) is 9.51. The van der Waals surface area contributed by atoms with Gasteiger partial charge < -0.3 is 13.9 Å². The van der Waals surface area contributed by atoms with Crippen molar-refractivity contribution in [1.82, 2.24) is 0 Å². The molecule has 1 aromatic heterocycles. The Morgan fingerprint density at radius 2 is 1.77 bits per heavy atom. The highest BCUT2D eigenvalue weighted by Crippen LogP contribution is 2.29. The lowest BCUT2D eigenvalue weighted by atomic mass is 10.2. The summed E-state index contributed by atoms with van der Waals surface area (Å²) in [6.45, 7) is 0. The normalized spacial score (nSPS) is 11.0. The Hall–Kier alpha value is -3.90. The van der Waals surface area contributed by atoms with Crippen LogP contribution in [0.4, 0.5) is 4.39 Å². The van der Waals surface area contributed by atoms with E-state index in [2.05, 4.69) is 0 Å². The van der Waals surface area contributed by atoms with Gasteiger partial charge in [-0.05, 0) is 48.0 Å². The standard InChI is InChI=1S/C24H14ClFO5/c25-19-3-1-2-4-20(19)31-22-14-29-21-13-17(10-11-18(21)24(22)28)30-23(27)12-7-15-5-8-16(26)9-6-15/h1-14H. The molecule has 4 aromatic rings. The van der Waals surface area contributed by atoms with Gasteiger partial charge in [-0.25, -0.2) is 9.18 Å². The van der Waals surface area contributed by atoms with Crippen LogP contribution in [-0.4, -0.2) is 5.97 Å². The highest BCUT2D eigenvalue weighted by Gasteiger charge is 2.12. The largest absolute Gasteiger partial charge is 0.460 e. The van der Waals surface area contributed by atoms with Crippen molar-refractivity contribution in [2.45, 2.75) is 0 Å². The van der Waals surface area contributed by atoms with Crippen molar-refractivity contribution in [2.24, 2.45) is 0 Å². The average Bonchev–Trinajstić information content (AvgIpc) is 2.77. The van der Waals surface area contributed by atoms with Crippen molar-refractivity contribution in [3.63, 3.8) is 0 Å². The van der Waals surface area contributed by atoms with E-state index in [1.54, 1.807) is 24.3 Å². The summed E-state index contributed by atoms with van der Waals surface area (Å²) in [6, 6.07) is 16.8.